The van der Waals surface area contributed by atoms with E-state index in [0.717, 1.165) is 39.9 Å². The highest BCUT2D eigenvalue weighted by atomic mass is 32.1. The number of thiophene rings is 1. The van der Waals surface area contributed by atoms with Gasteiger partial charge in [0.05, 0.1) is 26.8 Å². The van der Waals surface area contributed by atoms with E-state index in [1.54, 1.807) is 22.9 Å². The Hall–Kier alpha value is -2.42. The third kappa shape index (κ3) is 2.76. The van der Waals surface area contributed by atoms with Gasteiger partial charge in [-0.1, -0.05) is 6.08 Å². The topological polar surface area (TPSA) is 62.7 Å². The molecule has 26 heavy (non-hydrogen) atoms. The second kappa shape index (κ2) is 6.39. The van der Waals surface area contributed by atoms with Crippen LogP contribution in [0.3, 0.4) is 0 Å². The van der Waals surface area contributed by atoms with Crippen molar-refractivity contribution in [1.82, 2.24) is 20.3 Å². The van der Waals surface area contributed by atoms with E-state index >= 15 is 0 Å². The van der Waals surface area contributed by atoms with Crippen molar-refractivity contribution < 1.29 is 4.39 Å². The summed E-state index contributed by atoms with van der Waals surface area (Å²) < 4.78 is 15.3. The number of rotatable bonds is 3. The molecule has 2 N–H and O–H groups in total. The molecule has 0 saturated carbocycles. The first kappa shape index (κ1) is 15.8. The standard InChI is InChI=1S/C18H14FN5S2/c19-12-5-16-14(23-9-25-16)6-13(12)24-17-11-4-15(10-2-1-3-20-7-10)26-18(11)22-8-21-17/h2,4-6,8-9,20H,1,3,7H2,(H,21,22,24). The van der Waals surface area contributed by atoms with Crippen molar-refractivity contribution in [3.05, 3.63) is 46.8 Å². The monoisotopic (exact) mass is 383 g/mol. The van der Waals surface area contributed by atoms with Gasteiger partial charge in [-0.3, -0.25) is 0 Å². The zero-order valence-corrected chi connectivity index (χ0v) is 15.3. The quantitative estimate of drug-likeness (QED) is 0.543. The van der Waals surface area contributed by atoms with Crippen LogP contribution in [-0.2, 0) is 0 Å². The molecular weight excluding hydrogens is 369 g/mol. The van der Waals surface area contributed by atoms with Crippen LogP contribution in [0.25, 0.3) is 26.0 Å². The average Bonchev–Trinajstić information content (AvgIpc) is 3.29. The van der Waals surface area contributed by atoms with E-state index in [4.69, 9.17) is 0 Å². The maximum absolute atomic E-state index is 14.4. The Bertz CT molecular complexity index is 1150. The summed E-state index contributed by atoms with van der Waals surface area (Å²) >= 11 is 3.06. The van der Waals surface area contributed by atoms with Crippen LogP contribution in [0.1, 0.15) is 11.3 Å². The molecule has 0 saturated heterocycles. The van der Waals surface area contributed by atoms with Crippen molar-refractivity contribution >= 4 is 60.2 Å². The highest BCUT2D eigenvalue weighted by Gasteiger charge is 2.15. The minimum atomic E-state index is -0.317. The summed E-state index contributed by atoms with van der Waals surface area (Å²) in [5.41, 5.74) is 4.14. The average molecular weight is 383 g/mol. The van der Waals surface area contributed by atoms with Crippen LogP contribution >= 0.6 is 22.7 Å². The van der Waals surface area contributed by atoms with E-state index in [1.165, 1.54) is 34.2 Å². The van der Waals surface area contributed by atoms with Crippen LogP contribution in [0.2, 0.25) is 0 Å². The molecule has 0 spiro atoms. The fourth-order valence-corrected chi connectivity index (χ4v) is 4.77. The van der Waals surface area contributed by atoms with Crippen molar-refractivity contribution in [2.45, 2.75) is 6.42 Å². The molecule has 3 aromatic heterocycles. The van der Waals surface area contributed by atoms with Gasteiger partial charge in [-0.05, 0) is 36.7 Å². The van der Waals surface area contributed by atoms with Crippen LogP contribution in [0, 0.1) is 5.82 Å². The van der Waals surface area contributed by atoms with Gasteiger partial charge in [0.25, 0.3) is 0 Å². The molecule has 1 aliphatic rings. The summed E-state index contributed by atoms with van der Waals surface area (Å²) in [6.45, 7) is 1.87. The summed E-state index contributed by atoms with van der Waals surface area (Å²) in [5, 5.41) is 7.41. The van der Waals surface area contributed by atoms with Crippen LogP contribution in [-0.4, -0.2) is 28.0 Å². The molecule has 0 aliphatic carbocycles. The van der Waals surface area contributed by atoms with E-state index in [9.17, 15) is 4.39 Å². The first-order valence-corrected chi connectivity index (χ1v) is 9.92. The number of aromatic nitrogens is 3. The van der Waals surface area contributed by atoms with Crippen molar-refractivity contribution in [2.75, 3.05) is 18.4 Å². The van der Waals surface area contributed by atoms with Crippen molar-refractivity contribution in [2.24, 2.45) is 0 Å². The van der Waals surface area contributed by atoms with Gasteiger partial charge >= 0.3 is 0 Å². The predicted octanol–water partition coefficient (Wildman–Crippen LogP) is 4.56. The zero-order chi connectivity index (χ0) is 17.5. The predicted molar refractivity (Wildman–Crippen MR) is 106 cm³/mol. The third-order valence-corrected chi connectivity index (χ3v) is 6.26. The number of hydrogen-bond acceptors (Lipinski definition) is 7. The van der Waals surface area contributed by atoms with Gasteiger partial charge in [-0.25, -0.2) is 19.3 Å². The SMILES string of the molecule is Fc1cc2scnc2cc1Nc1ncnc2sc(C3=CCCNC3)cc12. The van der Waals surface area contributed by atoms with Gasteiger partial charge in [0.1, 0.15) is 22.8 Å². The molecule has 5 nitrogen and oxygen atoms in total. The van der Waals surface area contributed by atoms with Gasteiger partial charge < -0.3 is 10.6 Å². The lowest BCUT2D eigenvalue weighted by Crippen LogP contribution is -2.20. The minimum absolute atomic E-state index is 0.317. The molecule has 1 aliphatic heterocycles. The molecule has 4 heterocycles. The molecule has 8 heteroatoms. The van der Waals surface area contributed by atoms with Gasteiger partial charge in [0, 0.05) is 11.4 Å². The summed E-state index contributed by atoms with van der Waals surface area (Å²) in [6.07, 6.45) is 4.80. The lowest BCUT2D eigenvalue weighted by atomic mass is 10.1. The Morgan fingerprint density at radius 3 is 3.00 bits per heavy atom. The van der Waals surface area contributed by atoms with E-state index < -0.39 is 0 Å². The number of fused-ring (bicyclic) bond motifs is 2. The maximum Gasteiger partial charge on any atom is 0.148 e. The van der Waals surface area contributed by atoms with E-state index in [2.05, 4.69) is 37.7 Å². The molecule has 1 aromatic carbocycles. The highest BCUT2D eigenvalue weighted by Crippen LogP contribution is 2.35. The summed E-state index contributed by atoms with van der Waals surface area (Å²) in [6, 6.07) is 5.31. The number of nitrogens with zero attached hydrogens (tertiary/aromatic N) is 3. The maximum atomic E-state index is 14.4. The highest BCUT2D eigenvalue weighted by molar-refractivity contribution is 7.19. The van der Waals surface area contributed by atoms with Crippen molar-refractivity contribution in [1.29, 1.82) is 0 Å². The Kier molecular flexibility index (Phi) is 3.88. The van der Waals surface area contributed by atoms with Crippen molar-refractivity contribution in [3.63, 3.8) is 0 Å². The summed E-state index contributed by atoms with van der Waals surface area (Å²) in [5.74, 6) is 0.290. The molecule has 0 atom stereocenters. The van der Waals surface area contributed by atoms with E-state index in [0.29, 0.717) is 11.5 Å². The molecule has 130 valence electrons. The first-order chi connectivity index (χ1) is 12.8. The summed E-state index contributed by atoms with van der Waals surface area (Å²) in [4.78, 5) is 15.0. The molecule has 0 fully saturated rings. The first-order valence-electron chi connectivity index (χ1n) is 8.22. The molecular formula is C18H14FN5S2. The smallest absolute Gasteiger partial charge is 0.148 e. The van der Waals surface area contributed by atoms with Gasteiger partial charge in [0.2, 0.25) is 0 Å². The number of benzene rings is 1. The second-order valence-corrected chi connectivity index (χ2v) is 7.94. The second-order valence-electron chi connectivity index (χ2n) is 6.02. The molecule has 0 amide bonds. The van der Waals surface area contributed by atoms with Crippen molar-refractivity contribution in [3.8, 4) is 0 Å². The van der Waals surface area contributed by atoms with Gasteiger partial charge in [-0.15, -0.1) is 22.7 Å². The summed E-state index contributed by atoms with van der Waals surface area (Å²) in [7, 11) is 0. The van der Waals surface area contributed by atoms with Crippen LogP contribution < -0.4 is 10.6 Å². The minimum Gasteiger partial charge on any atom is -0.337 e. The molecule has 5 rings (SSSR count). The van der Waals surface area contributed by atoms with Crippen LogP contribution in [0.5, 0.6) is 0 Å². The molecule has 0 bridgehead atoms. The lowest BCUT2D eigenvalue weighted by Gasteiger charge is -2.12. The molecule has 0 unspecified atom stereocenters. The Balaban J connectivity index is 1.56. The number of halogens is 1. The Morgan fingerprint density at radius 2 is 2.12 bits per heavy atom. The number of thiazole rings is 1. The van der Waals surface area contributed by atoms with Crippen LogP contribution in [0.15, 0.2) is 36.1 Å². The largest absolute Gasteiger partial charge is 0.337 e. The number of nitrogens with one attached hydrogen (secondary N) is 2. The Labute approximate surface area is 156 Å². The fraction of sp³-hybridized carbons (Fsp3) is 0.167. The normalized spacial score (nSPS) is 14.7. The molecule has 4 aromatic rings. The molecule has 0 radical (unpaired) electrons. The fourth-order valence-electron chi connectivity index (χ4n) is 3.05. The zero-order valence-electron chi connectivity index (χ0n) is 13.6. The number of anilines is 2. The van der Waals surface area contributed by atoms with Crippen LogP contribution in [0.4, 0.5) is 15.9 Å². The lowest BCUT2D eigenvalue weighted by molar-refractivity contribution is 0.634. The Morgan fingerprint density at radius 1 is 1.15 bits per heavy atom. The van der Waals surface area contributed by atoms with E-state index in [1.807, 2.05) is 0 Å². The van der Waals surface area contributed by atoms with Gasteiger partial charge in [-0.2, -0.15) is 0 Å². The number of hydrogen-bond donors (Lipinski definition) is 2. The van der Waals surface area contributed by atoms with E-state index in [-0.39, 0.29) is 5.82 Å². The third-order valence-electron chi connectivity index (χ3n) is 4.35. The van der Waals surface area contributed by atoms with Gasteiger partial charge in [0.15, 0.2) is 0 Å².